The van der Waals surface area contributed by atoms with Crippen molar-refractivity contribution >= 4 is 11.6 Å². The van der Waals surface area contributed by atoms with Crippen LogP contribution in [0.15, 0.2) is 18.2 Å². The highest BCUT2D eigenvalue weighted by Crippen LogP contribution is 2.41. The number of benzene rings is 1. The molecule has 0 aromatic heterocycles. The van der Waals surface area contributed by atoms with Crippen LogP contribution in [0, 0.1) is 22.6 Å². The van der Waals surface area contributed by atoms with E-state index in [1.807, 2.05) is 0 Å². The van der Waals surface area contributed by atoms with E-state index in [4.69, 9.17) is 0 Å². The molecule has 1 amide bonds. The summed E-state index contributed by atoms with van der Waals surface area (Å²) >= 11 is 0. The summed E-state index contributed by atoms with van der Waals surface area (Å²) in [5.41, 5.74) is 0.127. The lowest BCUT2D eigenvalue weighted by Gasteiger charge is -2.40. The summed E-state index contributed by atoms with van der Waals surface area (Å²) in [6.07, 6.45) is 3.36. The van der Waals surface area contributed by atoms with Gasteiger partial charge < -0.3 is 10.6 Å². The van der Waals surface area contributed by atoms with Crippen LogP contribution in [0.3, 0.4) is 0 Å². The summed E-state index contributed by atoms with van der Waals surface area (Å²) < 4.78 is 14.0. The maximum Gasteiger partial charge on any atom is 0.253 e. The smallest absolute Gasteiger partial charge is 0.253 e. The van der Waals surface area contributed by atoms with Crippen LogP contribution in [-0.2, 0) is 0 Å². The SMILES string of the molecule is CNC(=O)c1ccc(NC2(C#N)CCC(C)(C)CC2)cc1F. The number of hydrogen-bond acceptors (Lipinski definition) is 3. The third-order valence-electron chi connectivity index (χ3n) is 4.50. The molecule has 0 heterocycles. The molecule has 0 bridgehead atoms. The molecule has 2 N–H and O–H groups in total. The second-order valence-corrected chi connectivity index (χ2v) is 6.76. The molecule has 0 saturated heterocycles. The lowest BCUT2D eigenvalue weighted by Crippen LogP contribution is -2.42. The molecule has 1 aromatic carbocycles. The van der Waals surface area contributed by atoms with Gasteiger partial charge in [0.15, 0.2) is 0 Å². The third kappa shape index (κ3) is 3.38. The predicted molar refractivity (Wildman–Crippen MR) is 84.0 cm³/mol. The van der Waals surface area contributed by atoms with E-state index in [-0.39, 0.29) is 11.0 Å². The molecule has 22 heavy (non-hydrogen) atoms. The van der Waals surface area contributed by atoms with Crippen LogP contribution in [0.1, 0.15) is 49.9 Å². The van der Waals surface area contributed by atoms with Gasteiger partial charge in [-0.25, -0.2) is 4.39 Å². The van der Waals surface area contributed by atoms with Crippen LogP contribution in [-0.4, -0.2) is 18.5 Å². The van der Waals surface area contributed by atoms with Crippen LogP contribution in [0.4, 0.5) is 10.1 Å². The fourth-order valence-corrected chi connectivity index (χ4v) is 2.81. The van der Waals surface area contributed by atoms with Crippen molar-refractivity contribution in [2.24, 2.45) is 5.41 Å². The second-order valence-electron chi connectivity index (χ2n) is 6.76. The Morgan fingerprint density at radius 3 is 2.41 bits per heavy atom. The van der Waals surface area contributed by atoms with Crippen molar-refractivity contribution in [3.63, 3.8) is 0 Å². The Hall–Kier alpha value is -2.09. The topological polar surface area (TPSA) is 64.9 Å². The highest BCUT2D eigenvalue weighted by atomic mass is 19.1. The van der Waals surface area contributed by atoms with E-state index in [9.17, 15) is 14.4 Å². The monoisotopic (exact) mass is 303 g/mol. The third-order valence-corrected chi connectivity index (χ3v) is 4.50. The number of halogens is 1. The van der Waals surface area contributed by atoms with Crippen LogP contribution in [0.25, 0.3) is 0 Å². The van der Waals surface area contributed by atoms with Crippen molar-refractivity contribution < 1.29 is 9.18 Å². The van der Waals surface area contributed by atoms with Crippen LogP contribution in [0.5, 0.6) is 0 Å². The van der Waals surface area contributed by atoms with Gasteiger partial charge in [-0.15, -0.1) is 0 Å². The summed E-state index contributed by atoms with van der Waals surface area (Å²) in [6.45, 7) is 4.40. The lowest BCUT2D eigenvalue weighted by atomic mass is 9.70. The summed E-state index contributed by atoms with van der Waals surface area (Å²) in [7, 11) is 1.46. The van der Waals surface area contributed by atoms with E-state index in [0.29, 0.717) is 5.69 Å². The van der Waals surface area contributed by atoms with Crippen LogP contribution >= 0.6 is 0 Å². The standard InChI is InChI=1S/C17H22FN3O/c1-16(2)6-8-17(11-19,9-7-16)21-12-4-5-13(14(18)10-12)15(22)20-3/h4-5,10,21H,6-9H2,1-3H3,(H,20,22). The van der Waals surface area contributed by atoms with Crippen LogP contribution in [0.2, 0.25) is 0 Å². The molecule has 2 rings (SSSR count). The number of carbonyl (C=O) groups excluding carboxylic acids is 1. The molecule has 1 fully saturated rings. The molecule has 0 radical (unpaired) electrons. The number of nitrogens with zero attached hydrogens (tertiary/aromatic N) is 1. The van der Waals surface area contributed by atoms with Gasteiger partial charge in [0.1, 0.15) is 11.4 Å². The quantitative estimate of drug-likeness (QED) is 0.898. The first-order chi connectivity index (χ1) is 10.3. The zero-order chi connectivity index (χ0) is 16.4. The number of rotatable bonds is 3. The first kappa shape index (κ1) is 16.3. The number of hydrogen-bond donors (Lipinski definition) is 2. The Bertz CT molecular complexity index is 609. The molecule has 0 aliphatic heterocycles. The van der Waals surface area contributed by atoms with Crippen molar-refractivity contribution in [2.75, 3.05) is 12.4 Å². The Kier molecular flexibility index (Phi) is 4.41. The number of amides is 1. The van der Waals surface area contributed by atoms with E-state index in [2.05, 4.69) is 30.6 Å². The first-order valence-electron chi connectivity index (χ1n) is 7.52. The number of anilines is 1. The molecular formula is C17H22FN3O. The molecule has 5 heteroatoms. The Labute approximate surface area is 130 Å². The van der Waals surface area contributed by atoms with Crippen molar-refractivity contribution in [1.82, 2.24) is 5.32 Å². The van der Waals surface area contributed by atoms with E-state index in [0.717, 1.165) is 25.7 Å². The zero-order valence-corrected chi connectivity index (χ0v) is 13.3. The molecule has 4 nitrogen and oxygen atoms in total. The molecule has 1 aliphatic rings. The van der Waals surface area contributed by atoms with Gasteiger partial charge in [-0.05, 0) is 49.3 Å². The van der Waals surface area contributed by atoms with Gasteiger partial charge in [0, 0.05) is 12.7 Å². The molecule has 1 aromatic rings. The van der Waals surface area contributed by atoms with Crippen molar-refractivity contribution in [1.29, 1.82) is 5.26 Å². The predicted octanol–water partition coefficient (Wildman–Crippen LogP) is 3.46. The normalized spacial score (nSPS) is 19.0. The summed E-state index contributed by atoms with van der Waals surface area (Å²) in [4.78, 5) is 11.5. The first-order valence-corrected chi connectivity index (χ1v) is 7.52. The van der Waals surface area contributed by atoms with E-state index in [1.165, 1.54) is 19.2 Å². The highest BCUT2D eigenvalue weighted by Gasteiger charge is 2.38. The maximum atomic E-state index is 14.0. The Balaban J connectivity index is 2.18. The van der Waals surface area contributed by atoms with E-state index < -0.39 is 17.3 Å². The van der Waals surface area contributed by atoms with Gasteiger partial charge in [0.25, 0.3) is 5.91 Å². The molecule has 0 unspecified atom stereocenters. The summed E-state index contributed by atoms with van der Waals surface area (Å²) in [5, 5.41) is 15.1. The van der Waals surface area contributed by atoms with E-state index in [1.54, 1.807) is 6.07 Å². The number of carbonyl (C=O) groups is 1. The summed E-state index contributed by atoms with van der Waals surface area (Å²) in [6, 6.07) is 6.72. The van der Waals surface area contributed by atoms with Gasteiger partial charge in [0.2, 0.25) is 0 Å². The molecule has 0 spiro atoms. The fourth-order valence-electron chi connectivity index (χ4n) is 2.81. The average molecular weight is 303 g/mol. The highest BCUT2D eigenvalue weighted by molar-refractivity contribution is 5.94. The van der Waals surface area contributed by atoms with E-state index >= 15 is 0 Å². The van der Waals surface area contributed by atoms with Gasteiger partial charge in [-0.2, -0.15) is 5.26 Å². The molecule has 1 saturated carbocycles. The van der Waals surface area contributed by atoms with Crippen LogP contribution < -0.4 is 10.6 Å². The number of nitriles is 1. The molecular weight excluding hydrogens is 281 g/mol. The van der Waals surface area contributed by atoms with Gasteiger partial charge >= 0.3 is 0 Å². The van der Waals surface area contributed by atoms with Crippen molar-refractivity contribution in [3.05, 3.63) is 29.6 Å². The molecule has 1 aliphatic carbocycles. The van der Waals surface area contributed by atoms with Gasteiger partial charge in [-0.3, -0.25) is 4.79 Å². The average Bonchev–Trinajstić information content (AvgIpc) is 2.49. The van der Waals surface area contributed by atoms with Crippen molar-refractivity contribution in [3.8, 4) is 6.07 Å². The molecule has 0 atom stereocenters. The van der Waals surface area contributed by atoms with Gasteiger partial charge in [-0.1, -0.05) is 13.8 Å². The van der Waals surface area contributed by atoms with Gasteiger partial charge in [0.05, 0.1) is 11.6 Å². The summed E-state index contributed by atoms with van der Waals surface area (Å²) in [5.74, 6) is -1.05. The lowest BCUT2D eigenvalue weighted by molar-refractivity contribution is 0.0959. The second kappa shape index (κ2) is 5.96. The maximum absolute atomic E-state index is 14.0. The Morgan fingerprint density at radius 1 is 1.27 bits per heavy atom. The minimum atomic E-state index is -0.656. The Morgan fingerprint density at radius 2 is 1.91 bits per heavy atom. The minimum absolute atomic E-state index is 0.00355. The zero-order valence-electron chi connectivity index (χ0n) is 13.3. The minimum Gasteiger partial charge on any atom is -0.367 e. The largest absolute Gasteiger partial charge is 0.367 e. The molecule has 118 valence electrons. The number of nitrogens with one attached hydrogen (secondary N) is 2. The van der Waals surface area contributed by atoms with Crippen molar-refractivity contribution in [2.45, 2.75) is 45.1 Å². The fraction of sp³-hybridized carbons (Fsp3) is 0.529.